The molecule has 0 bridgehead atoms. The first-order valence-corrected chi connectivity index (χ1v) is 12.3. The van der Waals surface area contributed by atoms with Crippen molar-refractivity contribution in [2.45, 2.75) is 31.7 Å². The molecule has 36 heavy (non-hydrogen) atoms. The Labute approximate surface area is 211 Å². The number of anilines is 1. The molecule has 1 N–H and O–H groups in total. The lowest BCUT2D eigenvalue weighted by atomic mass is 10.1. The first-order chi connectivity index (χ1) is 17.4. The van der Waals surface area contributed by atoms with Gasteiger partial charge in [-0.05, 0) is 66.9 Å². The van der Waals surface area contributed by atoms with Crippen molar-refractivity contribution in [3.8, 4) is 17.1 Å². The highest BCUT2D eigenvalue weighted by Gasteiger charge is 2.18. The van der Waals surface area contributed by atoms with Gasteiger partial charge >= 0.3 is 5.63 Å². The minimum absolute atomic E-state index is 0.195. The van der Waals surface area contributed by atoms with Gasteiger partial charge in [0.2, 0.25) is 5.91 Å². The number of rotatable bonds is 6. The molecule has 0 unspecified atom stereocenters. The van der Waals surface area contributed by atoms with Crippen molar-refractivity contribution in [3.63, 3.8) is 0 Å². The molecule has 0 radical (unpaired) electrons. The van der Waals surface area contributed by atoms with Gasteiger partial charge in [-0.25, -0.2) is 4.79 Å². The number of nitrogens with one attached hydrogen (secondary N) is 1. The Balaban J connectivity index is 1.54. The van der Waals surface area contributed by atoms with E-state index in [1.165, 1.54) is 35.9 Å². The lowest BCUT2D eigenvalue weighted by Crippen LogP contribution is -2.06. The topological polar surface area (TPSA) is 103 Å². The Bertz CT molecular complexity index is 1640. The second kappa shape index (κ2) is 9.79. The highest BCUT2D eigenvalue weighted by molar-refractivity contribution is 7.98. The van der Waals surface area contributed by atoms with Gasteiger partial charge in [-0.3, -0.25) is 14.3 Å². The van der Waals surface area contributed by atoms with E-state index in [2.05, 4.69) is 52.5 Å². The van der Waals surface area contributed by atoms with Crippen LogP contribution in [0.5, 0.6) is 0 Å². The van der Waals surface area contributed by atoms with Gasteiger partial charge in [0.25, 0.3) is 0 Å². The molecule has 0 aliphatic rings. The quantitative estimate of drug-likeness (QED) is 0.251. The number of hydrogen-bond donors (Lipinski definition) is 1. The Morgan fingerprint density at radius 3 is 2.56 bits per heavy atom. The van der Waals surface area contributed by atoms with E-state index in [1.54, 1.807) is 24.5 Å². The lowest BCUT2D eigenvalue weighted by molar-refractivity contribution is -0.114. The number of aryl methyl sites for hydroxylation is 2. The number of pyridine rings is 1. The first kappa shape index (κ1) is 23.5. The number of amides is 1. The normalized spacial score (nSPS) is 11.1. The molecule has 180 valence electrons. The summed E-state index contributed by atoms with van der Waals surface area (Å²) < 4.78 is 7.42. The van der Waals surface area contributed by atoms with Crippen LogP contribution in [-0.4, -0.2) is 25.7 Å². The predicted octanol–water partition coefficient (Wildman–Crippen LogP) is 5.30. The molecular weight excluding hydrogens is 474 g/mol. The molecule has 3 aromatic heterocycles. The van der Waals surface area contributed by atoms with Gasteiger partial charge in [0.1, 0.15) is 5.58 Å². The van der Waals surface area contributed by atoms with Gasteiger partial charge in [-0.15, -0.1) is 10.2 Å². The molecule has 0 aliphatic heterocycles. The Morgan fingerprint density at radius 1 is 1.00 bits per heavy atom. The third-order valence-electron chi connectivity index (χ3n) is 5.83. The van der Waals surface area contributed by atoms with Crippen molar-refractivity contribution in [3.05, 3.63) is 94.1 Å². The van der Waals surface area contributed by atoms with Crippen LogP contribution < -0.4 is 10.9 Å². The second-order valence-corrected chi connectivity index (χ2v) is 9.36. The molecule has 9 heteroatoms. The van der Waals surface area contributed by atoms with Crippen LogP contribution in [0.2, 0.25) is 0 Å². The van der Waals surface area contributed by atoms with Gasteiger partial charge in [-0.1, -0.05) is 17.8 Å². The summed E-state index contributed by atoms with van der Waals surface area (Å²) in [4.78, 5) is 27.8. The van der Waals surface area contributed by atoms with Gasteiger partial charge in [0, 0.05) is 53.8 Å². The number of hydrogen-bond acceptors (Lipinski definition) is 7. The van der Waals surface area contributed by atoms with E-state index < -0.39 is 5.63 Å². The SMILES string of the molecule is CC(=O)Nc1ccc2c(CSc3nnc(-c4ccncc4)n3-c3ccc(C)c(C)c3)cc(=O)oc2c1. The van der Waals surface area contributed by atoms with E-state index in [0.29, 0.717) is 28.0 Å². The standard InChI is InChI=1S/C27H23N5O3S/c1-16-4-6-22(12-17(16)2)32-26(19-8-10-28-11-9-19)30-31-27(32)36-15-20-13-25(34)35-24-14-21(29-18(3)33)5-7-23(20)24/h4-14H,15H2,1-3H3,(H,29,33). The highest BCUT2D eigenvalue weighted by Crippen LogP contribution is 2.32. The molecule has 0 atom stereocenters. The third kappa shape index (κ3) is 4.78. The molecular formula is C27H23N5O3S. The molecule has 8 nitrogen and oxygen atoms in total. The molecule has 1 amide bonds. The minimum atomic E-state index is -0.453. The largest absolute Gasteiger partial charge is 0.423 e. The zero-order valence-electron chi connectivity index (χ0n) is 20.0. The molecule has 0 saturated heterocycles. The van der Waals surface area contributed by atoms with Crippen LogP contribution in [0.15, 0.2) is 81.4 Å². The average Bonchev–Trinajstić information content (AvgIpc) is 3.28. The van der Waals surface area contributed by atoms with Crippen molar-refractivity contribution in [2.75, 3.05) is 5.32 Å². The number of benzene rings is 2. The van der Waals surface area contributed by atoms with Gasteiger partial charge in [0.15, 0.2) is 11.0 Å². The third-order valence-corrected chi connectivity index (χ3v) is 6.81. The number of carbonyl (C=O) groups is 1. The van der Waals surface area contributed by atoms with Crippen LogP contribution in [-0.2, 0) is 10.5 Å². The monoisotopic (exact) mass is 497 g/mol. The predicted molar refractivity (Wildman–Crippen MR) is 140 cm³/mol. The van der Waals surface area contributed by atoms with Crippen molar-refractivity contribution >= 4 is 34.3 Å². The molecule has 0 fully saturated rings. The second-order valence-electron chi connectivity index (χ2n) is 8.42. The summed E-state index contributed by atoms with van der Waals surface area (Å²) in [6.45, 7) is 5.58. The zero-order valence-corrected chi connectivity index (χ0v) is 20.8. The summed E-state index contributed by atoms with van der Waals surface area (Å²) in [7, 11) is 0. The first-order valence-electron chi connectivity index (χ1n) is 11.3. The number of aromatic nitrogens is 4. The van der Waals surface area contributed by atoms with E-state index in [0.717, 1.165) is 22.2 Å². The Hall–Kier alpha value is -4.24. The summed E-state index contributed by atoms with van der Waals surface area (Å²) in [6.07, 6.45) is 3.46. The number of thioether (sulfide) groups is 1. The number of carbonyl (C=O) groups excluding carboxylic acids is 1. The summed E-state index contributed by atoms with van der Waals surface area (Å²) in [6, 6.07) is 16.8. The van der Waals surface area contributed by atoms with Gasteiger partial charge in [0.05, 0.1) is 5.69 Å². The van der Waals surface area contributed by atoms with Crippen molar-refractivity contribution in [1.82, 2.24) is 19.7 Å². The maximum atomic E-state index is 12.3. The van der Waals surface area contributed by atoms with Crippen molar-refractivity contribution < 1.29 is 9.21 Å². The Kier molecular flexibility index (Phi) is 6.39. The number of fused-ring (bicyclic) bond motifs is 1. The zero-order chi connectivity index (χ0) is 25.2. The lowest BCUT2D eigenvalue weighted by Gasteiger charge is -2.12. The molecule has 5 aromatic rings. The molecule has 0 aliphatic carbocycles. The molecule has 0 spiro atoms. The van der Waals surface area contributed by atoms with E-state index in [9.17, 15) is 9.59 Å². The minimum Gasteiger partial charge on any atom is -0.423 e. The fraction of sp³-hybridized carbons (Fsp3) is 0.148. The van der Waals surface area contributed by atoms with Crippen molar-refractivity contribution in [2.24, 2.45) is 0 Å². The molecule has 3 heterocycles. The Morgan fingerprint density at radius 2 is 1.81 bits per heavy atom. The van der Waals surface area contributed by atoms with Gasteiger partial charge < -0.3 is 9.73 Å². The molecule has 2 aromatic carbocycles. The van der Waals surface area contributed by atoms with Crippen molar-refractivity contribution in [1.29, 1.82) is 0 Å². The summed E-state index contributed by atoms with van der Waals surface area (Å²) in [5.74, 6) is 0.987. The molecule has 0 saturated carbocycles. The van der Waals surface area contributed by atoms with Crippen LogP contribution in [0.1, 0.15) is 23.6 Å². The van der Waals surface area contributed by atoms with Crippen LogP contribution >= 0.6 is 11.8 Å². The molecule has 5 rings (SSSR count). The van der Waals surface area contributed by atoms with Crippen LogP contribution in [0.3, 0.4) is 0 Å². The fourth-order valence-electron chi connectivity index (χ4n) is 3.92. The fourth-order valence-corrected chi connectivity index (χ4v) is 4.86. The maximum Gasteiger partial charge on any atom is 0.336 e. The summed E-state index contributed by atoms with van der Waals surface area (Å²) in [5.41, 5.74) is 5.56. The summed E-state index contributed by atoms with van der Waals surface area (Å²) >= 11 is 1.48. The highest BCUT2D eigenvalue weighted by atomic mass is 32.2. The van der Waals surface area contributed by atoms with E-state index in [-0.39, 0.29) is 5.91 Å². The smallest absolute Gasteiger partial charge is 0.336 e. The van der Waals surface area contributed by atoms with E-state index >= 15 is 0 Å². The van der Waals surface area contributed by atoms with E-state index in [1.807, 2.05) is 22.8 Å². The van der Waals surface area contributed by atoms with Crippen LogP contribution in [0, 0.1) is 13.8 Å². The number of nitrogens with zero attached hydrogens (tertiary/aromatic N) is 4. The maximum absolute atomic E-state index is 12.3. The van der Waals surface area contributed by atoms with Crippen LogP contribution in [0.25, 0.3) is 28.0 Å². The average molecular weight is 498 g/mol. The summed E-state index contributed by atoms with van der Waals surface area (Å²) in [5, 5.41) is 13.2. The van der Waals surface area contributed by atoms with Gasteiger partial charge in [-0.2, -0.15) is 0 Å². The van der Waals surface area contributed by atoms with Crippen LogP contribution in [0.4, 0.5) is 5.69 Å². The van der Waals surface area contributed by atoms with E-state index in [4.69, 9.17) is 4.42 Å².